The summed E-state index contributed by atoms with van der Waals surface area (Å²) in [5.74, 6) is -43.8. The van der Waals surface area contributed by atoms with Gasteiger partial charge < -0.3 is 14.8 Å². The molecule has 1 amide bonds. The zero-order valence-electron chi connectivity index (χ0n) is 19.8. The molecule has 1 aromatic rings. The van der Waals surface area contributed by atoms with Crippen molar-refractivity contribution >= 4 is 34.2 Å². The highest BCUT2D eigenvalue weighted by Crippen LogP contribution is 2.69. The Labute approximate surface area is 210 Å². The van der Waals surface area contributed by atoms with E-state index in [1.807, 2.05) is 0 Å². The van der Waals surface area contributed by atoms with E-state index in [0.29, 0.717) is 0 Å². The second-order valence-electron chi connectivity index (χ2n) is 8.97. The molecule has 1 aliphatic carbocycles. The Kier molecular flexibility index (Phi) is 7.42. The van der Waals surface area contributed by atoms with E-state index in [1.54, 1.807) is 0 Å². The van der Waals surface area contributed by atoms with Crippen LogP contribution in [0.1, 0.15) is 53.3 Å². The number of carbonyl (C=O) groups excluding carboxylic acids is 3. The van der Waals surface area contributed by atoms with Gasteiger partial charge in [0, 0.05) is 0 Å². The van der Waals surface area contributed by atoms with Gasteiger partial charge in [0.05, 0.1) is 12.2 Å². The Bertz CT molecular complexity index is 1130. The number of hydrogen-bond donors (Lipinski definition) is 1. The molecule has 1 aromatic heterocycles. The third-order valence-corrected chi connectivity index (χ3v) is 6.38. The van der Waals surface area contributed by atoms with Crippen molar-refractivity contribution in [3.8, 4) is 0 Å². The van der Waals surface area contributed by atoms with Crippen LogP contribution >= 0.6 is 11.3 Å². The van der Waals surface area contributed by atoms with Gasteiger partial charge >= 0.3 is 47.2 Å². The molecule has 0 aromatic carbocycles. The van der Waals surface area contributed by atoms with Crippen molar-refractivity contribution < 1.29 is 72.2 Å². The lowest BCUT2D eigenvalue weighted by atomic mass is 9.71. The highest BCUT2D eigenvalue weighted by Gasteiger charge is 3.02. The molecule has 1 aliphatic rings. The molecule has 0 aliphatic heterocycles. The fourth-order valence-corrected chi connectivity index (χ4v) is 4.33. The van der Waals surface area contributed by atoms with Crippen LogP contribution in [0, 0.1) is 6.92 Å². The van der Waals surface area contributed by atoms with Crippen molar-refractivity contribution in [2.75, 3.05) is 11.9 Å². The van der Waals surface area contributed by atoms with Gasteiger partial charge in [-0.1, -0.05) is 0 Å². The fraction of sp³-hybridized carbons (Fsp3) is 0.650. The van der Waals surface area contributed by atoms with Crippen LogP contribution in [-0.4, -0.2) is 65.3 Å². The van der Waals surface area contributed by atoms with Crippen molar-refractivity contribution in [2.24, 2.45) is 0 Å². The number of carbonyl (C=O) groups is 3. The standard InChI is InChI=1S/C20H18F11NO5S/c1-6-36-11(33)8-7(2)9(12(34)37-14(3,4)5)38-10(8)32-13(35)15(21)16(22,23)18(26,27)20(30,31)19(28,29)17(15,24)25/h6H2,1-5H3,(H,32,35). The largest absolute Gasteiger partial charge is 0.462 e. The van der Waals surface area contributed by atoms with Crippen molar-refractivity contribution in [2.45, 2.75) is 75.5 Å². The van der Waals surface area contributed by atoms with E-state index in [2.05, 4.69) is 4.74 Å². The monoisotopic (exact) mass is 593 g/mol. The first-order chi connectivity index (χ1) is 16.8. The predicted molar refractivity (Wildman–Crippen MR) is 107 cm³/mol. The maximum absolute atomic E-state index is 15.1. The van der Waals surface area contributed by atoms with Crippen LogP contribution in [0.3, 0.4) is 0 Å². The molecule has 0 radical (unpaired) electrons. The second kappa shape index (κ2) is 8.94. The fourth-order valence-electron chi connectivity index (χ4n) is 3.27. The van der Waals surface area contributed by atoms with Gasteiger partial charge in [0.15, 0.2) is 0 Å². The third kappa shape index (κ3) is 4.00. The summed E-state index contributed by atoms with van der Waals surface area (Å²) in [6.07, 6.45) is 0. The van der Waals surface area contributed by atoms with Gasteiger partial charge in [-0.2, -0.15) is 43.9 Å². The summed E-state index contributed by atoms with van der Waals surface area (Å²) in [4.78, 5) is 36.5. The molecule has 0 bridgehead atoms. The zero-order valence-corrected chi connectivity index (χ0v) is 20.6. The number of rotatable bonds is 5. The van der Waals surface area contributed by atoms with Gasteiger partial charge in [-0.3, -0.25) is 4.79 Å². The van der Waals surface area contributed by atoms with Crippen LogP contribution in [0.15, 0.2) is 0 Å². The van der Waals surface area contributed by atoms with E-state index in [-0.39, 0.29) is 11.3 Å². The van der Waals surface area contributed by atoms with Crippen molar-refractivity contribution in [3.63, 3.8) is 0 Å². The lowest BCUT2D eigenvalue weighted by Gasteiger charge is -2.51. The van der Waals surface area contributed by atoms with Gasteiger partial charge in [-0.15, -0.1) is 11.3 Å². The molecule has 2 rings (SSSR count). The maximum Gasteiger partial charge on any atom is 0.384 e. The van der Waals surface area contributed by atoms with E-state index in [4.69, 9.17) is 4.74 Å². The van der Waals surface area contributed by atoms with Crippen LogP contribution < -0.4 is 5.32 Å². The maximum atomic E-state index is 15.1. The van der Waals surface area contributed by atoms with Crippen LogP contribution in [-0.2, 0) is 14.3 Å². The predicted octanol–water partition coefficient (Wildman–Crippen LogP) is 6.03. The Balaban J connectivity index is 2.75. The van der Waals surface area contributed by atoms with Crippen molar-refractivity contribution in [1.82, 2.24) is 0 Å². The summed E-state index contributed by atoms with van der Waals surface area (Å²) in [6.45, 7) is 5.91. The smallest absolute Gasteiger partial charge is 0.384 e. The lowest BCUT2D eigenvalue weighted by molar-refractivity contribution is -0.475. The molecule has 0 spiro atoms. The van der Waals surface area contributed by atoms with E-state index in [0.717, 1.165) is 12.2 Å². The minimum atomic E-state index is -7.51. The Morgan fingerprint density at radius 3 is 1.61 bits per heavy atom. The number of halogens is 11. The summed E-state index contributed by atoms with van der Waals surface area (Å²) in [7, 11) is 0. The molecule has 0 unspecified atom stereocenters. The Morgan fingerprint density at radius 1 is 0.789 bits per heavy atom. The Morgan fingerprint density at radius 2 is 1.21 bits per heavy atom. The molecular formula is C20H18F11NO5S. The highest BCUT2D eigenvalue weighted by atomic mass is 32.1. The lowest BCUT2D eigenvalue weighted by Crippen LogP contribution is -2.86. The van der Waals surface area contributed by atoms with E-state index >= 15 is 4.39 Å². The minimum Gasteiger partial charge on any atom is -0.462 e. The zero-order chi connectivity index (χ0) is 30.1. The number of ether oxygens (including phenoxy) is 2. The van der Waals surface area contributed by atoms with Crippen LogP contribution in [0.2, 0.25) is 0 Å². The molecular weight excluding hydrogens is 575 g/mol. The number of nitrogens with one attached hydrogen (secondary N) is 1. The molecule has 1 fully saturated rings. The van der Waals surface area contributed by atoms with E-state index < -0.39 is 86.3 Å². The first-order valence-corrected chi connectivity index (χ1v) is 11.0. The topological polar surface area (TPSA) is 81.7 Å². The molecule has 1 N–H and O–H groups in total. The number of alkyl halides is 11. The van der Waals surface area contributed by atoms with Crippen molar-refractivity contribution in [1.29, 1.82) is 0 Å². The van der Waals surface area contributed by atoms with Gasteiger partial charge in [-0.05, 0) is 40.2 Å². The van der Waals surface area contributed by atoms with Crippen LogP contribution in [0.4, 0.5) is 53.3 Å². The minimum absolute atomic E-state index is 0.107. The van der Waals surface area contributed by atoms with E-state index in [1.165, 1.54) is 27.7 Å². The molecule has 1 saturated carbocycles. The molecule has 38 heavy (non-hydrogen) atoms. The number of esters is 2. The summed E-state index contributed by atoms with van der Waals surface area (Å²) in [6, 6.07) is 0. The third-order valence-electron chi connectivity index (χ3n) is 5.19. The Hall–Kier alpha value is -2.66. The normalized spacial score (nSPS) is 22.3. The van der Waals surface area contributed by atoms with Crippen molar-refractivity contribution in [3.05, 3.63) is 16.0 Å². The van der Waals surface area contributed by atoms with Gasteiger partial charge in [0.2, 0.25) is 0 Å². The number of anilines is 1. The summed E-state index contributed by atoms with van der Waals surface area (Å²) in [5, 5.41) is -0.387. The highest BCUT2D eigenvalue weighted by molar-refractivity contribution is 7.18. The molecule has 0 saturated heterocycles. The van der Waals surface area contributed by atoms with Gasteiger partial charge in [-0.25, -0.2) is 14.0 Å². The average molecular weight is 593 g/mol. The number of thiophene rings is 1. The van der Waals surface area contributed by atoms with Gasteiger partial charge in [0.25, 0.3) is 5.91 Å². The van der Waals surface area contributed by atoms with Crippen LogP contribution in [0.25, 0.3) is 0 Å². The SMILES string of the molecule is CCOC(=O)c1c(NC(=O)C2(F)C(F)(F)C(F)(F)C(F)(F)C(F)(F)C2(F)F)sc(C(=O)OC(C)(C)C)c1C. The average Bonchev–Trinajstić information content (AvgIpc) is 3.06. The second-order valence-corrected chi connectivity index (χ2v) is 9.99. The summed E-state index contributed by atoms with van der Waals surface area (Å²) in [5.41, 5.74) is -9.63. The molecule has 216 valence electrons. The van der Waals surface area contributed by atoms with Gasteiger partial charge in [0.1, 0.15) is 15.5 Å². The summed E-state index contributed by atoms with van der Waals surface area (Å²) >= 11 is -0.107. The molecule has 18 heteroatoms. The number of hydrogen-bond acceptors (Lipinski definition) is 6. The summed E-state index contributed by atoms with van der Waals surface area (Å²) < 4.78 is 164. The number of amides is 1. The molecule has 6 nitrogen and oxygen atoms in total. The quantitative estimate of drug-likeness (QED) is 0.334. The molecule has 0 atom stereocenters. The van der Waals surface area contributed by atoms with Crippen LogP contribution in [0.5, 0.6) is 0 Å². The molecule has 1 heterocycles. The van der Waals surface area contributed by atoms with E-state index in [9.17, 15) is 58.3 Å². The first-order valence-electron chi connectivity index (χ1n) is 10.2. The first kappa shape index (κ1) is 31.6.